The van der Waals surface area contributed by atoms with E-state index >= 15 is 0 Å². The van der Waals surface area contributed by atoms with Crippen LogP contribution in [0.5, 0.6) is 5.75 Å². The maximum absolute atomic E-state index is 11.0. The molecule has 20 heavy (non-hydrogen) atoms. The average molecular weight is 271 g/mol. The van der Waals surface area contributed by atoms with Crippen LogP contribution >= 0.6 is 0 Å². The lowest BCUT2D eigenvalue weighted by molar-refractivity contribution is -0.131. The fourth-order valence-electron chi connectivity index (χ4n) is 1.52. The molecule has 0 bridgehead atoms. The van der Waals surface area contributed by atoms with Gasteiger partial charge in [-0.05, 0) is 46.4 Å². The molecule has 102 valence electrons. The zero-order valence-electron chi connectivity index (χ0n) is 10.9. The maximum Gasteiger partial charge on any atom is 0.308 e. The van der Waals surface area contributed by atoms with Crippen molar-refractivity contribution in [2.45, 2.75) is 13.3 Å². The molecule has 0 aromatic heterocycles. The Labute approximate surface area is 116 Å². The standard InChI is InChI=1S/C14H13N3O3/c1-3-4-12-9-11(6-8-14(19)16-17-15)5-7-13(12)20-10(2)18/h3,5-9H,1,4H2,2H3. The molecule has 0 fully saturated rings. The molecule has 6 heteroatoms. The molecule has 0 atom stereocenters. The van der Waals surface area contributed by atoms with E-state index in [0.29, 0.717) is 12.2 Å². The summed E-state index contributed by atoms with van der Waals surface area (Å²) in [5, 5.41) is 2.92. The molecule has 0 heterocycles. The average Bonchev–Trinajstić information content (AvgIpc) is 2.39. The van der Waals surface area contributed by atoms with E-state index in [1.807, 2.05) is 0 Å². The first-order valence-corrected chi connectivity index (χ1v) is 5.76. The van der Waals surface area contributed by atoms with Gasteiger partial charge in [-0.15, -0.1) is 6.58 Å². The molecule has 1 aromatic carbocycles. The lowest BCUT2D eigenvalue weighted by atomic mass is 10.1. The third-order valence-electron chi connectivity index (χ3n) is 2.26. The Hall–Kier alpha value is -2.85. The second-order valence-electron chi connectivity index (χ2n) is 3.81. The molecule has 0 N–H and O–H groups in total. The summed E-state index contributed by atoms with van der Waals surface area (Å²) in [5.74, 6) is -0.630. The number of allylic oxidation sites excluding steroid dienone is 1. The van der Waals surface area contributed by atoms with Crippen molar-refractivity contribution in [3.05, 3.63) is 58.5 Å². The minimum absolute atomic E-state index is 0.405. The number of nitrogens with zero attached hydrogens (tertiary/aromatic N) is 3. The molecule has 1 amide bonds. The third kappa shape index (κ3) is 4.80. The SMILES string of the molecule is C=CCc1cc(C=CC(=O)N=[N+]=[N-])ccc1OC(C)=O. The first-order valence-electron chi connectivity index (χ1n) is 5.76. The largest absolute Gasteiger partial charge is 0.426 e. The summed E-state index contributed by atoms with van der Waals surface area (Å²) in [6, 6.07) is 5.09. The number of carbonyl (C=O) groups excluding carboxylic acids is 2. The van der Waals surface area contributed by atoms with Gasteiger partial charge in [0.25, 0.3) is 0 Å². The fourth-order valence-corrected chi connectivity index (χ4v) is 1.52. The van der Waals surface area contributed by atoms with Crippen molar-refractivity contribution in [3.63, 3.8) is 0 Å². The van der Waals surface area contributed by atoms with Crippen molar-refractivity contribution in [2.75, 3.05) is 0 Å². The molecule has 1 aromatic rings. The van der Waals surface area contributed by atoms with Gasteiger partial charge in [0.2, 0.25) is 5.91 Å². The van der Waals surface area contributed by atoms with Gasteiger partial charge in [-0.3, -0.25) is 9.59 Å². The summed E-state index contributed by atoms with van der Waals surface area (Å²) in [6.07, 6.45) is 4.88. The van der Waals surface area contributed by atoms with E-state index in [0.717, 1.165) is 17.2 Å². The molecule has 0 radical (unpaired) electrons. The number of ether oxygens (including phenoxy) is 1. The highest BCUT2D eigenvalue weighted by Gasteiger charge is 2.05. The fraction of sp³-hybridized carbons (Fsp3) is 0.143. The van der Waals surface area contributed by atoms with Crippen LogP contribution in [0.4, 0.5) is 0 Å². The van der Waals surface area contributed by atoms with E-state index in [1.54, 1.807) is 24.3 Å². The summed E-state index contributed by atoms with van der Waals surface area (Å²) in [7, 11) is 0. The highest BCUT2D eigenvalue weighted by molar-refractivity contribution is 5.92. The summed E-state index contributed by atoms with van der Waals surface area (Å²) in [5.41, 5.74) is 9.61. The number of azide groups is 1. The number of carbonyl (C=O) groups is 2. The first kappa shape index (κ1) is 15.2. The molecular weight excluding hydrogens is 258 g/mol. The Morgan fingerprint density at radius 1 is 1.50 bits per heavy atom. The first-order chi connectivity index (χ1) is 9.56. The molecule has 0 saturated heterocycles. The Balaban J connectivity index is 3.03. The molecule has 0 aliphatic rings. The number of hydrogen-bond donors (Lipinski definition) is 0. The Morgan fingerprint density at radius 2 is 2.25 bits per heavy atom. The Morgan fingerprint density at radius 3 is 2.85 bits per heavy atom. The molecule has 0 spiro atoms. The van der Waals surface area contributed by atoms with Crippen LogP contribution in [0.15, 0.2) is 42.0 Å². The van der Waals surface area contributed by atoms with E-state index in [1.165, 1.54) is 13.0 Å². The van der Waals surface area contributed by atoms with Crippen LogP contribution in [0.25, 0.3) is 16.5 Å². The zero-order valence-corrected chi connectivity index (χ0v) is 10.9. The maximum atomic E-state index is 11.0. The number of hydrogen-bond acceptors (Lipinski definition) is 3. The van der Waals surface area contributed by atoms with Gasteiger partial charge in [-0.25, -0.2) is 0 Å². The van der Waals surface area contributed by atoms with Crippen molar-refractivity contribution in [3.8, 4) is 5.75 Å². The minimum atomic E-state index is -0.679. The van der Waals surface area contributed by atoms with Crippen LogP contribution in [0, 0.1) is 0 Å². The molecule has 1 rings (SSSR count). The van der Waals surface area contributed by atoms with E-state index in [4.69, 9.17) is 10.3 Å². The smallest absolute Gasteiger partial charge is 0.308 e. The quantitative estimate of drug-likeness (QED) is 0.156. The molecular formula is C14H13N3O3. The zero-order chi connectivity index (χ0) is 15.0. The molecule has 0 aliphatic heterocycles. The number of esters is 1. The summed E-state index contributed by atoms with van der Waals surface area (Å²) in [6.45, 7) is 4.96. The molecule has 6 nitrogen and oxygen atoms in total. The van der Waals surface area contributed by atoms with Crippen LogP contribution in [0.1, 0.15) is 18.1 Å². The van der Waals surface area contributed by atoms with E-state index in [9.17, 15) is 9.59 Å². The third-order valence-corrected chi connectivity index (χ3v) is 2.26. The van der Waals surface area contributed by atoms with Crippen LogP contribution in [0.3, 0.4) is 0 Å². The second-order valence-corrected chi connectivity index (χ2v) is 3.81. The highest BCUT2D eigenvalue weighted by Crippen LogP contribution is 2.22. The van der Waals surface area contributed by atoms with Gasteiger partial charge < -0.3 is 4.74 Å². The van der Waals surface area contributed by atoms with Gasteiger partial charge in [0, 0.05) is 11.8 Å². The summed E-state index contributed by atoms with van der Waals surface area (Å²) < 4.78 is 5.07. The molecule has 0 aliphatic carbocycles. The lowest BCUT2D eigenvalue weighted by Crippen LogP contribution is -2.04. The monoisotopic (exact) mass is 271 g/mol. The predicted molar refractivity (Wildman–Crippen MR) is 74.8 cm³/mol. The molecule has 0 unspecified atom stereocenters. The Kier molecular flexibility index (Phi) is 5.75. The van der Waals surface area contributed by atoms with Crippen LogP contribution in [0.2, 0.25) is 0 Å². The van der Waals surface area contributed by atoms with Crippen LogP contribution in [-0.2, 0) is 16.0 Å². The van der Waals surface area contributed by atoms with E-state index < -0.39 is 11.9 Å². The summed E-state index contributed by atoms with van der Waals surface area (Å²) >= 11 is 0. The van der Waals surface area contributed by atoms with Gasteiger partial charge in [0.1, 0.15) is 5.75 Å². The normalized spacial score (nSPS) is 9.85. The topological polar surface area (TPSA) is 92.1 Å². The van der Waals surface area contributed by atoms with Crippen molar-refractivity contribution in [1.29, 1.82) is 0 Å². The second kappa shape index (κ2) is 7.56. The molecule has 0 saturated carbocycles. The van der Waals surface area contributed by atoms with Crippen molar-refractivity contribution in [1.82, 2.24) is 0 Å². The lowest BCUT2D eigenvalue weighted by Gasteiger charge is -2.08. The number of rotatable bonds is 5. The van der Waals surface area contributed by atoms with Gasteiger partial charge >= 0.3 is 5.97 Å². The predicted octanol–water partition coefficient (Wildman–Crippen LogP) is 3.19. The van der Waals surface area contributed by atoms with Crippen LogP contribution < -0.4 is 4.74 Å². The van der Waals surface area contributed by atoms with Gasteiger partial charge in [0.15, 0.2) is 0 Å². The Bertz CT molecular complexity index is 614. The highest BCUT2D eigenvalue weighted by atomic mass is 16.5. The van der Waals surface area contributed by atoms with Gasteiger partial charge in [0.05, 0.1) is 0 Å². The van der Waals surface area contributed by atoms with Crippen molar-refractivity contribution >= 4 is 18.0 Å². The summed E-state index contributed by atoms with van der Waals surface area (Å²) in [4.78, 5) is 24.4. The van der Waals surface area contributed by atoms with Gasteiger partial charge in [-0.1, -0.05) is 18.2 Å². The van der Waals surface area contributed by atoms with Crippen LogP contribution in [-0.4, -0.2) is 11.9 Å². The van der Waals surface area contributed by atoms with E-state index in [-0.39, 0.29) is 0 Å². The number of amides is 1. The van der Waals surface area contributed by atoms with Crippen molar-refractivity contribution in [2.24, 2.45) is 5.11 Å². The van der Waals surface area contributed by atoms with Gasteiger partial charge in [-0.2, -0.15) is 0 Å². The minimum Gasteiger partial charge on any atom is -0.426 e. The number of benzene rings is 1. The van der Waals surface area contributed by atoms with Crippen molar-refractivity contribution < 1.29 is 14.3 Å². The van der Waals surface area contributed by atoms with E-state index in [2.05, 4.69) is 16.6 Å².